The van der Waals surface area contributed by atoms with Gasteiger partial charge in [-0.3, -0.25) is 9.59 Å². The first-order chi connectivity index (χ1) is 10.7. The molecule has 24 heavy (non-hydrogen) atoms. The van der Waals surface area contributed by atoms with Crippen LogP contribution in [0.2, 0.25) is 0 Å². The predicted octanol–water partition coefficient (Wildman–Crippen LogP) is -0.697. The molecule has 11 heteroatoms. The van der Waals surface area contributed by atoms with Crippen molar-refractivity contribution in [3.8, 4) is 0 Å². The fourth-order valence-electron chi connectivity index (χ4n) is 1.98. The highest BCUT2D eigenvalue weighted by molar-refractivity contribution is 7.89. The van der Waals surface area contributed by atoms with Gasteiger partial charge in [-0.15, -0.1) is 12.4 Å². The van der Waals surface area contributed by atoms with Gasteiger partial charge in [0.05, 0.1) is 6.54 Å². The molecule has 0 aromatic carbocycles. The summed E-state index contributed by atoms with van der Waals surface area (Å²) in [6.07, 6.45) is 1.83. The van der Waals surface area contributed by atoms with Crippen molar-refractivity contribution in [2.45, 2.75) is 31.2 Å². The number of carbonyl (C=O) groups is 2. The molecule has 0 aliphatic carbocycles. The zero-order valence-corrected chi connectivity index (χ0v) is 15.2. The number of rotatable bonds is 9. The van der Waals surface area contributed by atoms with Gasteiger partial charge in [0.15, 0.2) is 0 Å². The maximum atomic E-state index is 12.0. The van der Waals surface area contributed by atoms with Crippen molar-refractivity contribution in [3.63, 3.8) is 0 Å². The maximum Gasteiger partial charge on any atom is 0.265 e. The Morgan fingerprint density at radius 3 is 2.42 bits per heavy atom. The number of aromatic amines is 1. The van der Waals surface area contributed by atoms with Gasteiger partial charge in [-0.05, 0) is 18.4 Å². The number of carbonyl (C=O) groups excluding carboxylic acids is 2. The van der Waals surface area contributed by atoms with Gasteiger partial charge in [0.2, 0.25) is 15.9 Å². The van der Waals surface area contributed by atoms with Gasteiger partial charge in [-0.1, -0.05) is 13.8 Å². The lowest BCUT2D eigenvalue weighted by atomic mass is 10.0. The minimum absolute atomic E-state index is 0. The summed E-state index contributed by atoms with van der Waals surface area (Å²) in [5.41, 5.74) is 10.6. The van der Waals surface area contributed by atoms with Crippen molar-refractivity contribution in [1.82, 2.24) is 15.0 Å². The Bertz CT molecular complexity index is 659. The van der Waals surface area contributed by atoms with Crippen LogP contribution in [0.25, 0.3) is 0 Å². The third-order valence-corrected chi connectivity index (χ3v) is 4.44. The molecule has 1 rings (SSSR count). The Kier molecular flexibility index (Phi) is 8.97. The third-order valence-electron chi connectivity index (χ3n) is 3.06. The van der Waals surface area contributed by atoms with E-state index in [4.69, 9.17) is 11.5 Å². The maximum absolute atomic E-state index is 12.0. The molecule has 1 unspecified atom stereocenters. The lowest BCUT2D eigenvalue weighted by Crippen LogP contribution is -2.45. The van der Waals surface area contributed by atoms with Crippen LogP contribution in [0.5, 0.6) is 0 Å². The van der Waals surface area contributed by atoms with Gasteiger partial charge < -0.3 is 21.8 Å². The van der Waals surface area contributed by atoms with Crippen LogP contribution in [0, 0.1) is 5.92 Å². The lowest BCUT2D eigenvalue weighted by Gasteiger charge is -2.18. The average Bonchev–Trinajstić information content (AvgIpc) is 2.95. The molecule has 0 saturated heterocycles. The number of primary amides is 1. The molecule has 1 heterocycles. The third kappa shape index (κ3) is 6.87. The quantitative estimate of drug-likeness (QED) is 0.381. The molecule has 0 saturated carbocycles. The van der Waals surface area contributed by atoms with E-state index in [2.05, 4.69) is 15.0 Å². The van der Waals surface area contributed by atoms with Crippen molar-refractivity contribution in [2.24, 2.45) is 17.4 Å². The molecule has 9 nitrogen and oxygen atoms in total. The van der Waals surface area contributed by atoms with E-state index >= 15 is 0 Å². The predicted molar refractivity (Wildman–Crippen MR) is 92.2 cm³/mol. The monoisotopic (exact) mass is 381 g/mol. The van der Waals surface area contributed by atoms with Crippen LogP contribution < -0.4 is 21.5 Å². The normalized spacial score (nSPS) is 12.5. The van der Waals surface area contributed by atoms with E-state index < -0.39 is 28.4 Å². The molecule has 1 aromatic rings. The number of nitrogens with one attached hydrogen (secondary N) is 3. The second-order valence-corrected chi connectivity index (χ2v) is 7.33. The zero-order chi connectivity index (χ0) is 17.6. The van der Waals surface area contributed by atoms with E-state index in [0.717, 1.165) is 12.3 Å². The van der Waals surface area contributed by atoms with E-state index in [0.29, 0.717) is 12.3 Å². The average molecular weight is 382 g/mol. The molecule has 0 aliphatic heterocycles. The van der Waals surface area contributed by atoms with Gasteiger partial charge in [0.25, 0.3) is 5.91 Å². The molecule has 0 aliphatic rings. The van der Waals surface area contributed by atoms with Crippen molar-refractivity contribution < 1.29 is 18.0 Å². The standard InChI is InChI=1S/C13H23N5O4S.ClH/c1-8(2)3-9(5-14)18-12(19)7-17-23(21,22)10-4-11(13(15)20)16-6-10;/h4,6,8-9,16-17H,3,5,7,14H2,1-2H3,(H2,15,20)(H,18,19);1H. The fourth-order valence-corrected chi connectivity index (χ4v) is 2.95. The molecule has 2 amide bonds. The van der Waals surface area contributed by atoms with Crippen LogP contribution in [0.15, 0.2) is 17.2 Å². The van der Waals surface area contributed by atoms with Gasteiger partial charge >= 0.3 is 0 Å². The highest BCUT2D eigenvalue weighted by Crippen LogP contribution is 2.10. The van der Waals surface area contributed by atoms with Gasteiger partial charge in [-0.2, -0.15) is 0 Å². The molecule has 1 atom stereocenters. The molecule has 0 fully saturated rings. The Morgan fingerprint density at radius 2 is 1.96 bits per heavy atom. The van der Waals surface area contributed by atoms with Crippen LogP contribution >= 0.6 is 12.4 Å². The Hall–Kier alpha value is -1.62. The number of halogens is 1. The molecule has 138 valence electrons. The summed E-state index contributed by atoms with van der Waals surface area (Å²) in [4.78, 5) is 25.0. The molecule has 0 spiro atoms. The van der Waals surface area contributed by atoms with Crippen LogP contribution in [0.3, 0.4) is 0 Å². The van der Waals surface area contributed by atoms with Gasteiger partial charge in [-0.25, -0.2) is 13.1 Å². The summed E-state index contributed by atoms with van der Waals surface area (Å²) < 4.78 is 26.2. The second kappa shape index (κ2) is 9.62. The first-order valence-electron chi connectivity index (χ1n) is 7.13. The van der Waals surface area contributed by atoms with Crippen LogP contribution in [0.1, 0.15) is 30.8 Å². The Balaban J connectivity index is 0.00000529. The molecule has 7 N–H and O–H groups in total. The summed E-state index contributed by atoms with van der Waals surface area (Å²) in [5, 5.41) is 2.67. The minimum atomic E-state index is -3.91. The number of amides is 2. The summed E-state index contributed by atoms with van der Waals surface area (Å²) in [5.74, 6) is -0.897. The van der Waals surface area contributed by atoms with Crippen LogP contribution in [-0.2, 0) is 14.8 Å². The molecule has 1 aromatic heterocycles. The summed E-state index contributed by atoms with van der Waals surface area (Å²) in [6.45, 7) is 3.85. The highest BCUT2D eigenvalue weighted by Gasteiger charge is 2.19. The van der Waals surface area contributed by atoms with Crippen LogP contribution in [-0.4, -0.2) is 44.3 Å². The van der Waals surface area contributed by atoms with E-state index in [1.165, 1.54) is 0 Å². The number of nitrogens with two attached hydrogens (primary N) is 2. The van der Waals surface area contributed by atoms with Crippen molar-refractivity contribution in [1.29, 1.82) is 0 Å². The van der Waals surface area contributed by atoms with Crippen molar-refractivity contribution in [3.05, 3.63) is 18.0 Å². The largest absolute Gasteiger partial charge is 0.364 e. The van der Waals surface area contributed by atoms with E-state index in [1.807, 2.05) is 13.8 Å². The second-order valence-electron chi connectivity index (χ2n) is 5.57. The van der Waals surface area contributed by atoms with Gasteiger partial charge in [0, 0.05) is 18.8 Å². The topological polar surface area (TPSA) is 160 Å². The summed E-state index contributed by atoms with van der Waals surface area (Å²) >= 11 is 0. The first kappa shape index (κ1) is 22.4. The van der Waals surface area contributed by atoms with Gasteiger partial charge in [0.1, 0.15) is 10.6 Å². The Labute approximate surface area is 147 Å². The smallest absolute Gasteiger partial charge is 0.265 e. The molecule has 0 radical (unpaired) electrons. The number of H-pyrrole nitrogens is 1. The highest BCUT2D eigenvalue weighted by atomic mass is 35.5. The lowest BCUT2D eigenvalue weighted by molar-refractivity contribution is -0.120. The fraction of sp³-hybridized carbons (Fsp3) is 0.538. The number of hydrogen-bond donors (Lipinski definition) is 5. The number of sulfonamides is 1. The molecular formula is C13H24ClN5O4S. The minimum Gasteiger partial charge on any atom is -0.364 e. The van der Waals surface area contributed by atoms with Crippen molar-refractivity contribution >= 4 is 34.2 Å². The van der Waals surface area contributed by atoms with Crippen molar-refractivity contribution in [2.75, 3.05) is 13.1 Å². The van der Waals surface area contributed by atoms with E-state index in [9.17, 15) is 18.0 Å². The van der Waals surface area contributed by atoms with E-state index in [-0.39, 0.29) is 35.6 Å². The Morgan fingerprint density at radius 1 is 1.33 bits per heavy atom. The van der Waals surface area contributed by atoms with Crippen LogP contribution in [0.4, 0.5) is 0 Å². The van der Waals surface area contributed by atoms with E-state index in [1.54, 1.807) is 0 Å². The summed E-state index contributed by atoms with van der Waals surface area (Å²) in [6, 6.07) is 0.894. The summed E-state index contributed by atoms with van der Waals surface area (Å²) in [7, 11) is -3.91. The first-order valence-corrected chi connectivity index (χ1v) is 8.61. The number of aromatic nitrogens is 1. The SMILES string of the molecule is CC(C)CC(CN)NC(=O)CNS(=O)(=O)c1c[nH]c(C(N)=O)c1.Cl. The molecular weight excluding hydrogens is 358 g/mol. The molecule has 0 bridgehead atoms. The number of hydrogen-bond acceptors (Lipinski definition) is 5. The zero-order valence-electron chi connectivity index (χ0n) is 13.5.